The average Bonchev–Trinajstić information content (AvgIpc) is 3.73. The van der Waals surface area contributed by atoms with Crippen LogP contribution in [-0.4, -0.2) is 50.1 Å². The molecular weight excluding hydrogens is 476 g/mol. The van der Waals surface area contributed by atoms with Gasteiger partial charge in [-0.25, -0.2) is 0 Å². The Morgan fingerprint density at radius 2 is 1.86 bits per heavy atom. The smallest absolute Gasteiger partial charge is 0.250 e. The summed E-state index contributed by atoms with van der Waals surface area (Å²) in [6, 6.07) is 13.2. The number of aromatic nitrogens is 4. The number of carbonyl (C=O) groups is 2. The van der Waals surface area contributed by atoms with E-state index in [-0.39, 0.29) is 25.0 Å². The zero-order valence-electron chi connectivity index (χ0n) is 20.4. The number of nitrogens with zero attached hydrogens (tertiary/aromatic N) is 5. The highest BCUT2D eigenvalue weighted by atomic mass is 16.5. The van der Waals surface area contributed by atoms with Crippen LogP contribution in [0.2, 0.25) is 0 Å². The number of furan rings is 2. The van der Waals surface area contributed by atoms with E-state index in [1.807, 2.05) is 12.1 Å². The van der Waals surface area contributed by atoms with E-state index in [4.69, 9.17) is 13.6 Å². The van der Waals surface area contributed by atoms with Crippen LogP contribution in [0.1, 0.15) is 43.2 Å². The van der Waals surface area contributed by atoms with Gasteiger partial charge in [0.25, 0.3) is 5.91 Å². The van der Waals surface area contributed by atoms with Gasteiger partial charge in [0.05, 0.1) is 26.2 Å². The molecule has 3 heterocycles. The number of hydrogen-bond acceptors (Lipinski definition) is 8. The summed E-state index contributed by atoms with van der Waals surface area (Å²) < 4.78 is 16.3. The first-order valence-corrected chi connectivity index (χ1v) is 12.2. The second-order valence-electron chi connectivity index (χ2n) is 8.88. The van der Waals surface area contributed by atoms with E-state index in [2.05, 4.69) is 20.7 Å². The minimum absolute atomic E-state index is 0.0648. The van der Waals surface area contributed by atoms with Gasteiger partial charge in [0, 0.05) is 11.6 Å². The lowest BCUT2D eigenvalue weighted by atomic mass is 10.1. The number of methoxy groups -OCH3 is 1. The Morgan fingerprint density at radius 1 is 1.11 bits per heavy atom. The first kappa shape index (κ1) is 24.3. The van der Waals surface area contributed by atoms with E-state index in [0.717, 1.165) is 31.2 Å². The van der Waals surface area contributed by atoms with Crippen LogP contribution < -0.4 is 10.1 Å². The van der Waals surface area contributed by atoms with Crippen LogP contribution in [0.4, 0.5) is 0 Å². The van der Waals surface area contributed by atoms with Crippen LogP contribution in [0.3, 0.4) is 0 Å². The fraction of sp³-hybridized carbons (Fsp3) is 0.346. The van der Waals surface area contributed by atoms with E-state index in [0.29, 0.717) is 23.1 Å². The molecule has 37 heavy (non-hydrogen) atoms. The molecule has 0 bridgehead atoms. The van der Waals surface area contributed by atoms with Crippen LogP contribution in [0.15, 0.2) is 69.9 Å². The van der Waals surface area contributed by atoms with E-state index < -0.39 is 11.9 Å². The van der Waals surface area contributed by atoms with Crippen molar-refractivity contribution in [3.63, 3.8) is 0 Å². The van der Waals surface area contributed by atoms with Crippen molar-refractivity contribution in [2.45, 2.75) is 50.9 Å². The molecule has 2 amide bonds. The predicted octanol–water partition coefficient (Wildman–Crippen LogP) is 3.36. The molecule has 0 saturated heterocycles. The summed E-state index contributed by atoms with van der Waals surface area (Å²) in [4.78, 5) is 29.8. The molecular formula is C26H28N6O5. The molecule has 5 rings (SSSR count). The van der Waals surface area contributed by atoms with Crippen LogP contribution in [0.5, 0.6) is 5.75 Å². The highest BCUT2D eigenvalue weighted by Crippen LogP contribution is 2.27. The molecule has 11 nitrogen and oxygen atoms in total. The summed E-state index contributed by atoms with van der Waals surface area (Å²) in [5.74, 6) is 1.28. The number of ether oxygens (including phenoxy) is 1. The largest absolute Gasteiger partial charge is 0.497 e. The second kappa shape index (κ2) is 11.1. The summed E-state index contributed by atoms with van der Waals surface area (Å²) in [6.45, 7) is -0.160. The summed E-state index contributed by atoms with van der Waals surface area (Å²) >= 11 is 0. The Labute approximate surface area is 213 Å². The van der Waals surface area contributed by atoms with Crippen molar-refractivity contribution in [1.29, 1.82) is 0 Å². The van der Waals surface area contributed by atoms with Crippen LogP contribution in [-0.2, 0) is 22.7 Å². The van der Waals surface area contributed by atoms with Crippen LogP contribution in [0, 0.1) is 0 Å². The molecule has 4 aromatic rings. The van der Waals surface area contributed by atoms with Gasteiger partial charge in [-0.15, -0.1) is 10.2 Å². The first-order valence-electron chi connectivity index (χ1n) is 12.2. The molecule has 11 heteroatoms. The highest BCUT2D eigenvalue weighted by Gasteiger charge is 2.36. The maximum absolute atomic E-state index is 13.7. The van der Waals surface area contributed by atoms with E-state index >= 15 is 0 Å². The van der Waals surface area contributed by atoms with Crippen molar-refractivity contribution in [2.75, 3.05) is 7.11 Å². The number of amides is 2. The molecule has 1 N–H and O–H groups in total. The first-order chi connectivity index (χ1) is 18.1. The van der Waals surface area contributed by atoms with Gasteiger partial charge < -0.3 is 23.8 Å². The van der Waals surface area contributed by atoms with Crippen molar-refractivity contribution in [1.82, 2.24) is 30.4 Å². The molecule has 192 valence electrons. The lowest BCUT2D eigenvalue weighted by Gasteiger charge is -2.30. The Hall–Kier alpha value is -4.41. The van der Waals surface area contributed by atoms with Crippen LogP contribution in [0.25, 0.3) is 11.4 Å². The molecule has 0 unspecified atom stereocenters. The molecule has 0 radical (unpaired) electrons. The van der Waals surface area contributed by atoms with Gasteiger partial charge in [-0.3, -0.25) is 9.59 Å². The van der Waals surface area contributed by atoms with E-state index in [9.17, 15) is 9.59 Å². The van der Waals surface area contributed by atoms with Gasteiger partial charge in [-0.2, -0.15) is 4.80 Å². The van der Waals surface area contributed by atoms with Crippen molar-refractivity contribution in [3.8, 4) is 17.1 Å². The van der Waals surface area contributed by atoms with Gasteiger partial charge >= 0.3 is 0 Å². The van der Waals surface area contributed by atoms with Crippen molar-refractivity contribution in [2.24, 2.45) is 0 Å². The SMILES string of the molecule is COc1ccc(-c2nnn(CC(=O)N(Cc3ccco3)[C@@H](C(=O)NC3CCCC3)c3ccco3)n2)cc1. The summed E-state index contributed by atoms with van der Waals surface area (Å²) in [7, 11) is 1.59. The number of benzene rings is 1. The van der Waals surface area contributed by atoms with Gasteiger partial charge in [-0.05, 0) is 66.6 Å². The lowest BCUT2D eigenvalue weighted by molar-refractivity contribution is -0.143. The summed E-state index contributed by atoms with van der Waals surface area (Å²) in [5.41, 5.74) is 0.733. The molecule has 3 aromatic heterocycles. The summed E-state index contributed by atoms with van der Waals surface area (Å²) in [6.07, 6.45) is 6.98. The third-order valence-electron chi connectivity index (χ3n) is 6.38. The normalized spacial score (nSPS) is 14.4. The van der Waals surface area contributed by atoms with Gasteiger partial charge in [0.1, 0.15) is 23.8 Å². The number of hydrogen-bond donors (Lipinski definition) is 1. The fourth-order valence-corrected chi connectivity index (χ4v) is 4.49. The van der Waals surface area contributed by atoms with Gasteiger partial charge in [0.15, 0.2) is 6.04 Å². The molecule has 0 spiro atoms. The zero-order valence-corrected chi connectivity index (χ0v) is 20.4. The topological polar surface area (TPSA) is 129 Å². The second-order valence-corrected chi connectivity index (χ2v) is 8.88. The van der Waals surface area contributed by atoms with Crippen LogP contribution >= 0.6 is 0 Å². The quantitative estimate of drug-likeness (QED) is 0.348. The maximum atomic E-state index is 13.7. The molecule has 1 aliphatic rings. The monoisotopic (exact) mass is 504 g/mol. The minimum Gasteiger partial charge on any atom is -0.497 e. The summed E-state index contributed by atoms with van der Waals surface area (Å²) in [5, 5.41) is 15.6. The Bertz CT molecular complexity index is 1290. The maximum Gasteiger partial charge on any atom is 0.250 e. The molecule has 1 fully saturated rings. The molecule has 1 aromatic carbocycles. The van der Waals surface area contributed by atoms with Gasteiger partial charge in [0.2, 0.25) is 11.7 Å². The highest BCUT2D eigenvalue weighted by molar-refractivity contribution is 5.88. The fourth-order valence-electron chi connectivity index (χ4n) is 4.49. The molecule has 1 aliphatic carbocycles. The zero-order chi connectivity index (χ0) is 25.6. The lowest BCUT2D eigenvalue weighted by Crippen LogP contribution is -2.46. The van der Waals surface area contributed by atoms with Crippen molar-refractivity contribution >= 4 is 11.8 Å². The molecule has 1 saturated carbocycles. The standard InChI is InChI=1S/C26H28N6O5/c1-35-20-12-10-18(11-13-20)25-28-30-32(29-25)17-23(33)31(16-21-8-4-14-36-21)24(22-9-5-15-37-22)26(34)27-19-6-2-3-7-19/h4-5,8-15,19,24H,2-3,6-7,16-17H2,1H3,(H,27,34)/t24-/m1/s1. The minimum atomic E-state index is -0.988. The number of tetrazole rings is 1. The Morgan fingerprint density at radius 3 is 2.54 bits per heavy atom. The third-order valence-corrected chi connectivity index (χ3v) is 6.38. The number of carbonyl (C=O) groups excluding carboxylic acids is 2. The average molecular weight is 505 g/mol. The van der Waals surface area contributed by atoms with E-state index in [1.54, 1.807) is 43.5 Å². The van der Waals surface area contributed by atoms with Crippen molar-refractivity contribution < 1.29 is 23.2 Å². The molecule has 1 atom stereocenters. The van der Waals surface area contributed by atoms with E-state index in [1.165, 1.54) is 22.2 Å². The molecule has 0 aliphatic heterocycles. The number of rotatable bonds is 10. The van der Waals surface area contributed by atoms with Crippen molar-refractivity contribution in [3.05, 3.63) is 72.6 Å². The Kier molecular flexibility index (Phi) is 7.29. The number of nitrogens with one attached hydrogen (secondary N) is 1. The third kappa shape index (κ3) is 5.71. The van der Waals surface area contributed by atoms with Gasteiger partial charge in [-0.1, -0.05) is 12.8 Å². The predicted molar refractivity (Wildman–Crippen MR) is 131 cm³/mol. The Balaban J connectivity index is 1.39.